The van der Waals surface area contributed by atoms with Crippen LogP contribution in [0.25, 0.3) is 11.4 Å². The number of aromatic nitrogens is 4. The zero-order valence-corrected chi connectivity index (χ0v) is 13.2. The molecule has 0 fully saturated rings. The highest BCUT2D eigenvalue weighted by Gasteiger charge is 2.10. The maximum absolute atomic E-state index is 13.3. The van der Waals surface area contributed by atoms with Gasteiger partial charge in [0.25, 0.3) is 0 Å². The fraction of sp³-hybridized carbons (Fsp3) is 0.118. The molecule has 0 radical (unpaired) electrons. The Kier molecular flexibility index (Phi) is 4.48. The van der Waals surface area contributed by atoms with E-state index in [0.717, 1.165) is 0 Å². The van der Waals surface area contributed by atoms with Crippen molar-refractivity contribution in [1.29, 1.82) is 5.26 Å². The molecule has 0 bridgehead atoms. The molecule has 0 saturated heterocycles. The summed E-state index contributed by atoms with van der Waals surface area (Å²) in [6, 6.07) is 12.6. The second-order valence-corrected chi connectivity index (χ2v) is 5.14. The first-order valence-corrected chi connectivity index (χ1v) is 7.26. The average Bonchev–Trinajstić information content (AvgIpc) is 3.11. The van der Waals surface area contributed by atoms with Crippen molar-refractivity contribution >= 4 is 5.97 Å². The van der Waals surface area contributed by atoms with Gasteiger partial charge in [0.1, 0.15) is 11.9 Å². The maximum Gasteiger partial charge on any atom is 0.337 e. The van der Waals surface area contributed by atoms with E-state index in [9.17, 15) is 9.18 Å². The molecule has 25 heavy (non-hydrogen) atoms. The molecule has 0 amide bonds. The lowest BCUT2D eigenvalue weighted by atomic mass is 10.1. The van der Waals surface area contributed by atoms with Crippen LogP contribution >= 0.6 is 0 Å². The lowest BCUT2D eigenvalue weighted by molar-refractivity contribution is 0.0601. The van der Waals surface area contributed by atoms with Crippen molar-refractivity contribution in [2.75, 3.05) is 7.11 Å². The standard InChI is InChI=1S/C17H12FN5O2/c1-25-17(24)13-5-3-12(4-6-13)16-20-22-23(21-16)10-11-2-7-15(18)14(8-11)9-19/h2-8H,10H2,1H3. The Labute approximate surface area is 142 Å². The minimum Gasteiger partial charge on any atom is -0.465 e. The molecule has 0 N–H and O–H groups in total. The van der Waals surface area contributed by atoms with Gasteiger partial charge in [0.05, 0.1) is 24.8 Å². The highest BCUT2D eigenvalue weighted by molar-refractivity contribution is 5.89. The number of rotatable bonds is 4. The molecule has 0 unspecified atom stereocenters. The molecule has 8 heteroatoms. The summed E-state index contributed by atoms with van der Waals surface area (Å²) in [4.78, 5) is 12.8. The molecule has 1 heterocycles. The lowest BCUT2D eigenvalue weighted by Crippen LogP contribution is -2.04. The predicted molar refractivity (Wildman–Crippen MR) is 84.8 cm³/mol. The first-order chi connectivity index (χ1) is 12.1. The van der Waals surface area contributed by atoms with E-state index in [1.807, 2.05) is 0 Å². The first-order valence-electron chi connectivity index (χ1n) is 7.26. The molecular formula is C17H12FN5O2. The second-order valence-electron chi connectivity index (χ2n) is 5.14. The summed E-state index contributed by atoms with van der Waals surface area (Å²) in [5.74, 6) is -0.601. The summed E-state index contributed by atoms with van der Waals surface area (Å²) in [5.41, 5.74) is 1.77. The van der Waals surface area contributed by atoms with Crippen LogP contribution in [-0.2, 0) is 11.3 Å². The second kappa shape index (κ2) is 6.88. The van der Waals surface area contributed by atoms with Gasteiger partial charge in [-0.3, -0.25) is 0 Å². The maximum atomic E-state index is 13.3. The van der Waals surface area contributed by atoms with Crippen LogP contribution in [0, 0.1) is 17.1 Å². The predicted octanol–water partition coefficient (Wildman–Crippen LogP) is 2.19. The van der Waals surface area contributed by atoms with Crippen LogP contribution in [-0.4, -0.2) is 33.3 Å². The van der Waals surface area contributed by atoms with Gasteiger partial charge >= 0.3 is 5.97 Å². The van der Waals surface area contributed by atoms with Crippen molar-refractivity contribution in [1.82, 2.24) is 20.2 Å². The minimum absolute atomic E-state index is 0.0313. The van der Waals surface area contributed by atoms with Gasteiger partial charge < -0.3 is 4.74 Å². The van der Waals surface area contributed by atoms with Gasteiger partial charge in [0, 0.05) is 5.56 Å². The summed E-state index contributed by atoms with van der Waals surface area (Å²) in [7, 11) is 1.32. The number of carbonyl (C=O) groups excluding carboxylic acids is 1. The highest BCUT2D eigenvalue weighted by Crippen LogP contribution is 2.16. The van der Waals surface area contributed by atoms with Gasteiger partial charge in [0.2, 0.25) is 5.82 Å². The van der Waals surface area contributed by atoms with E-state index >= 15 is 0 Å². The van der Waals surface area contributed by atoms with Crippen LogP contribution in [0.15, 0.2) is 42.5 Å². The molecule has 1 aromatic heterocycles. The summed E-state index contributed by atoms with van der Waals surface area (Å²) in [6.07, 6.45) is 0. The van der Waals surface area contributed by atoms with E-state index in [1.54, 1.807) is 36.4 Å². The van der Waals surface area contributed by atoms with E-state index in [1.165, 1.54) is 24.0 Å². The lowest BCUT2D eigenvalue weighted by Gasteiger charge is -2.01. The molecule has 0 saturated carbocycles. The number of carbonyl (C=O) groups is 1. The van der Waals surface area contributed by atoms with E-state index < -0.39 is 11.8 Å². The SMILES string of the molecule is COC(=O)c1ccc(-c2nnn(Cc3ccc(F)c(C#N)c3)n2)cc1. The Morgan fingerprint density at radius 3 is 2.72 bits per heavy atom. The van der Waals surface area contributed by atoms with Gasteiger partial charge in [0.15, 0.2) is 0 Å². The third-order valence-corrected chi connectivity index (χ3v) is 3.49. The van der Waals surface area contributed by atoms with E-state index in [0.29, 0.717) is 22.5 Å². The van der Waals surface area contributed by atoms with Gasteiger partial charge in [-0.15, -0.1) is 10.2 Å². The molecular weight excluding hydrogens is 325 g/mol. The molecule has 2 aromatic carbocycles. The number of halogens is 1. The molecule has 124 valence electrons. The van der Waals surface area contributed by atoms with Crippen LogP contribution < -0.4 is 0 Å². The van der Waals surface area contributed by atoms with Crippen molar-refractivity contribution in [3.63, 3.8) is 0 Å². The van der Waals surface area contributed by atoms with Crippen molar-refractivity contribution < 1.29 is 13.9 Å². The molecule has 3 rings (SSSR count). The van der Waals surface area contributed by atoms with Crippen LogP contribution in [0.3, 0.4) is 0 Å². The molecule has 0 aliphatic rings. The van der Waals surface area contributed by atoms with E-state index in [-0.39, 0.29) is 12.1 Å². The zero-order valence-electron chi connectivity index (χ0n) is 13.2. The van der Waals surface area contributed by atoms with Crippen LogP contribution in [0.5, 0.6) is 0 Å². The van der Waals surface area contributed by atoms with Gasteiger partial charge in [-0.25, -0.2) is 9.18 Å². The largest absolute Gasteiger partial charge is 0.465 e. The third-order valence-electron chi connectivity index (χ3n) is 3.49. The Hall–Kier alpha value is -3.60. The topological polar surface area (TPSA) is 93.7 Å². The summed E-state index contributed by atoms with van der Waals surface area (Å²) >= 11 is 0. The fourth-order valence-corrected chi connectivity index (χ4v) is 2.22. The molecule has 0 spiro atoms. The Bertz CT molecular complexity index is 960. The quantitative estimate of drug-likeness (QED) is 0.677. The Morgan fingerprint density at radius 2 is 2.04 bits per heavy atom. The highest BCUT2D eigenvalue weighted by atomic mass is 19.1. The Morgan fingerprint density at radius 1 is 1.28 bits per heavy atom. The number of benzene rings is 2. The molecule has 0 aliphatic carbocycles. The number of tetrazole rings is 1. The number of methoxy groups -OCH3 is 1. The number of nitrogens with zero attached hydrogens (tertiary/aromatic N) is 5. The molecule has 0 aliphatic heterocycles. The van der Waals surface area contributed by atoms with Crippen molar-refractivity contribution in [2.45, 2.75) is 6.54 Å². The van der Waals surface area contributed by atoms with Crippen molar-refractivity contribution in [2.24, 2.45) is 0 Å². The number of nitriles is 1. The van der Waals surface area contributed by atoms with E-state index in [2.05, 4.69) is 20.1 Å². The van der Waals surface area contributed by atoms with Crippen LogP contribution in [0.2, 0.25) is 0 Å². The van der Waals surface area contributed by atoms with Gasteiger partial charge in [-0.1, -0.05) is 18.2 Å². The van der Waals surface area contributed by atoms with Crippen LogP contribution in [0.1, 0.15) is 21.5 Å². The minimum atomic E-state index is -0.566. The Balaban J connectivity index is 1.78. The summed E-state index contributed by atoms with van der Waals surface area (Å²) < 4.78 is 18.0. The number of hydrogen-bond acceptors (Lipinski definition) is 6. The van der Waals surface area contributed by atoms with Crippen molar-refractivity contribution in [3.05, 3.63) is 65.0 Å². The van der Waals surface area contributed by atoms with Gasteiger partial charge in [-0.2, -0.15) is 10.1 Å². The number of ether oxygens (including phenoxy) is 1. The molecule has 0 atom stereocenters. The smallest absolute Gasteiger partial charge is 0.337 e. The third kappa shape index (κ3) is 3.50. The molecule has 3 aromatic rings. The first kappa shape index (κ1) is 16.3. The van der Waals surface area contributed by atoms with Crippen molar-refractivity contribution in [3.8, 4) is 17.5 Å². The summed E-state index contributed by atoms with van der Waals surface area (Å²) in [6.45, 7) is 0.252. The van der Waals surface area contributed by atoms with Gasteiger partial charge in [-0.05, 0) is 35.0 Å². The zero-order chi connectivity index (χ0) is 17.8. The van der Waals surface area contributed by atoms with Crippen LogP contribution in [0.4, 0.5) is 4.39 Å². The number of esters is 1. The number of hydrogen-bond donors (Lipinski definition) is 0. The summed E-state index contributed by atoms with van der Waals surface area (Å²) in [5, 5.41) is 21.0. The fourth-order valence-electron chi connectivity index (χ4n) is 2.22. The average molecular weight is 337 g/mol. The molecule has 7 nitrogen and oxygen atoms in total. The normalized spacial score (nSPS) is 10.3. The van der Waals surface area contributed by atoms with E-state index in [4.69, 9.17) is 5.26 Å². The monoisotopic (exact) mass is 337 g/mol.